The molecule has 2 nitrogen and oxygen atoms in total. The lowest BCUT2D eigenvalue weighted by Gasteiger charge is -2.29. The Morgan fingerprint density at radius 3 is 3.06 bits per heavy atom. The van der Waals surface area contributed by atoms with Crippen molar-refractivity contribution >= 4 is 31.8 Å². The highest BCUT2D eigenvalue weighted by atomic mass is 33.1. The summed E-state index contributed by atoms with van der Waals surface area (Å²) in [4.78, 5) is 8.83. The summed E-state index contributed by atoms with van der Waals surface area (Å²) in [6.45, 7) is 2.22. The van der Waals surface area contributed by atoms with Crippen LogP contribution in [-0.4, -0.2) is 22.0 Å². The minimum atomic E-state index is -0.974. The summed E-state index contributed by atoms with van der Waals surface area (Å²) in [6.07, 6.45) is 8.61. The van der Waals surface area contributed by atoms with E-state index < -0.39 is 9.06 Å². The second kappa shape index (κ2) is 4.72. The molecule has 2 aromatic heterocycles. The van der Waals surface area contributed by atoms with Crippen LogP contribution in [-0.2, 0) is 0 Å². The number of hydrogen-bond donors (Lipinski definition) is 2. The van der Waals surface area contributed by atoms with Gasteiger partial charge in [0, 0.05) is 22.7 Å². The van der Waals surface area contributed by atoms with Crippen LogP contribution in [0.25, 0.3) is 11.0 Å². The van der Waals surface area contributed by atoms with Gasteiger partial charge in [-0.25, -0.2) is 4.98 Å². The fourth-order valence-electron chi connectivity index (χ4n) is 1.70. The van der Waals surface area contributed by atoms with E-state index in [1.54, 1.807) is 0 Å². The third-order valence-electron chi connectivity index (χ3n) is 2.78. The Hall–Kier alpha value is -0.610. The maximum atomic E-state index is 4.85. The third-order valence-corrected chi connectivity index (χ3v) is 6.28. The summed E-state index contributed by atoms with van der Waals surface area (Å²) in [5, 5.41) is 1.18. The largest absolute Gasteiger partial charge is 0.346 e. The Balaban J connectivity index is 2.30. The number of rotatable bonds is 4. The van der Waals surface area contributed by atoms with Crippen LogP contribution in [0, 0.1) is 0 Å². The van der Waals surface area contributed by atoms with Gasteiger partial charge < -0.3 is 4.98 Å². The normalized spacial score (nSPS) is 17.2. The number of pyridine rings is 1. The maximum Gasteiger partial charge on any atom is 0.137 e. The Kier molecular flexibility index (Phi) is 3.50. The number of nitrogens with one attached hydrogen (secondary N) is 1. The lowest BCUT2D eigenvalue weighted by atomic mass is 10.3. The van der Waals surface area contributed by atoms with Gasteiger partial charge in [0.2, 0.25) is 0 Å². The van der Waals surface area contributed by atoms with E-state index in [4.69, 9.17) is 11.7 Å². The molecule has 0 aliphatic rings. The second-order valence-corrected chi connectivity index (χ2v) is 9.56. The average Bonchev–Trinajstić information content (AvgIpc) is 2.73. The molecule has 2 rings (SSSR count). The zero-order valence-corrected chi connectivity index (χ0v) is 11.4. The highest BCUT2D eigenvalue weighted by Crippen LogP contribution is 2.57. The highest BCUT2D eigenvalue weighted by molar-refractivity contribution is 8.87. The molecule has 0 fully saturated rings. The highest BCUT2D eigenvalue weighted by Gasteiger charge is 2.16. The van der Waals surface area contributed by atoms with Crippen LogP contribution < -0.4 is 0 Å². The number of H-pyrrole nitrogens is 1. The molecule has 0 aromatic carbocycles. The van der Waals surface area contributed by atoms with Crippen molar-refractivity contribution in [2.75, 3.05) is 12.0 Å². The first-order valence-corrected chi connectivity index (χ1v) is 8.81. The first-order chi connectivity index (χ1) is 7.63. The molecule has 0 amide bonds. The molecule has 0 aliphatic heterocycles. The smallest absolute Gasteiger partial charge is 0.137 e. The van der Waals surface area contributed by atoms with Gasteiger partial charge in [-0.2, -0.15) is 9.06 Å². The van der Waals surface area contributed by atoms with Gasteiger partial charge in [-0.05, 0) is 30.6 Å². The quantitative estimate of drug-likeness (QED) is 0.626. The number of hydrogen-bond acceptors (Lipinski definition) is 2. The molecule has 1 unspecified atom stereocenters. The van der Waals surface area contributed by atoms with Gasteiger partial charge in [-0.1, -0.05) is 13.3 Å². The number of aromatic nitrogens is 2. The van der Waals surface area contributed by atoms with Crippen LogP contribution >= 0.6 is 20.7 Å². The molecule has 0 aliphatic carbocycles. The summed E-state index contributed by atoms with van der Waals surface area (Å²) in [5.74, 6) is 1.17. The van der Waals surface area contributed by atoms with Crippen molar-refractivity contribution in [1.82, 2.24) is 9.97 Å². The average molecular weight is 254 g/mol. The van der Waals surface area contributed by atoms with Crippen molar-refractivity contribution < 1.29 is 0 Å². The van der Waals surface area contributed by atoms with Crippen LogP contribution in [0.5, 0.6) is 0 Å². The van der Waals surface area contributed by atoms with Crippen LogP contribution in [0.1, 0.15) is 19.8 Å². The van der Waals surface area contributed by atoms with Crippen LogP contribution in [0.3, 0.4) is 0 Å². The Labute approximate surface area is 103 Å². The van der Waals surface area contributed by atoms with Gasteiger partial charge in [0.25, 0.3) is 0 Å². The Morgan fingerprint density at radius 1 is 1.50 bits per heavy atom. The molecule has 0 saturated heterocycles. The van der Waals surface area contributed by atoms with Gasteiger partial charge in [0.05, 0.1) is 0 Å². The number of nitrogens with zero attached hydrogens (tertiary/aromatic N) is 1. The van der Waals surface area contributed by atoms with Gasteiger partial charge in [-0.15, -0.1) is 11.7 Å². The third kappa shape index (κ3) is 2.38. The Morgan fingerprint density at radius 2 is 2.31 bits per heavy atom. The van der Waals surface area contributed by atoms with Crippen molar-refractivity contribution in [2.45, 2.75) is 24.7 Å². The first-order valence-electron chi connectivity index (χ1n) is 5.55. The van der Waals surface area contributed by atoms with E-state index in [2.05, 4.69) is 35.3 Å². The minimum absolute atomic E-state index is 0.961. The molecule has 88 valence electrons. The van der Waals surface area contributed by atoms with E-state index in [1.165, 1.54) is 28.9 Å². The van der Waals surface area contributed by atoms with E-state index in [9.17, 15) is 0 Å². The van der Waals surface area contributed by atoms with E-state index in [0.717, 1.165) is 5.65 Å². The molecule has 2 heterocycles. The van der Waals surface area contributed by atoms with Crippen LogP contribution in [0.2, 0.25) is 0 Å². The van der Waals surface area contributed by atoms with Gasteiger partial charge in [0.1, 0.15) is 5.65 Å². The lowest BCUT2D eigenvalue weighted by molar-refractivity contribution is 0.893. The fourth-order valence-corrected chi connectivity index (χ4v) is 4.14. The van der Waals surface area contributed by atoms with Crippen molar-refractivity contribution in [3.8, 4) is 0 Å². The van der Waals surface area contributed by atoms with E-state index >= 15 is 0 Å². The van der Waals surface area contributed by atoms with E-state index in [-0.39, 0.29) is 0 Å². The topological polar surface area (TPSA) is 28.7 Å². The predicted molar refractivity (Wildman–Crippen MR) is 76.6 cm³/mol. The Bertz CT molecular complexity index is 477. The molecule has 0 bridgehead atoms. The van der Waals surface area contributed by atoms with Crippen molar-refractivity contribution in [2.24, 2.45) is 0 Å². The zero-order chi connectivity index (χ0) is 11.6. The lowest BCUT2D eigenvalue weighted by Crippen LogP contribution is -1.97. The number of thiol groups is 1. The van der Waals surface area contributed by atoms with Crippen molar-refractivity contribution in [3.63, 3.8) is 0 Å². The van der Waals surface area contributed by atoms with E-state index in [1.807, 2.05) is 12.4 Å². The summed E-state index contributed by atoms with van der Waals surface area (Å²) >= 11 is 4.85. The van der Waals surface area contributed by atoms with Gasteiger partial charge in [-0.3, -0.25) is 0 Å². The summed E-state index contributed by atoms with van der Waals surface area (Å²) in [7, 11) is -0.974. The molecule has 16 heavy (non-hydrogen) atoms. The van der Waals surface area contributed by atoms with Gasteiger partial charge >= 0.3 is 0 Å². The van der Waals surface area contributed by atoms with E-state index in [0.29, 0.717) is 0 Å². The number of unbranched alkanes of at least 4 members (excludes halogenated alkanes) is 1. The molecule has 1 atom stereocenters. The summed E-state index contributed by atoms with van der Waals surface area (Å²) in [5.41, 5.74) is 0.961. The minimum Gasteiger partial charge on any atom is -0.346 e. The number of aromatic amines is 1. The predicted octanol–water partition coefficient (Wildman–Crippen LogP) is 4.00. The molecular weight excluding hydrogens is 236 g/mol. The molecule has 1 N–H and O–H groups in total. The molecule has 0 spiro atoms. The maximum absolute atomic E-state index is 4.85. The summed E-state index contributed by atoms with van der Waals surface area (Å²) in [6, 6.07) is 4.28. The SMILES string of the molecule is CCCCS(C)(S)c1cnc2[nH]ccc2c1. The molecule has 2 aromatic rings. The number of fused-ring (bicyclic) bond motifs is 1. The first kappa shape index (κ1) is 11.9. The molecule has 0 radical (unpaired) electrons. The zero-order valence-electron chi connectivity index (χ0n) is 9.73. The van der Waals surface area contributed by atoms with Gasteiger partial charge in [0.15, 0.2) is 0 Å². The summed E-state index contributed by atoms with van der Waals surface area (Å²) < 4.78 is 0. The molecule has 0 saturated carbocycles. The monoisotopic (exact) mass is 254 g/mol. The second-order valence-electron chi connectivity index (χ2n) is 4.18. The fraction of sp³-hybridized carbons (Fsp3) is 0.417. The molecular formula is C12H18N2S2. The standard InChI is InChI=1S/C12H18N2S2/c1-3-4-7-16(2,15)11-8-10-5-6-13-12(10)14-9-11/h5-6,8-9,15H,3-4,7H2,1-2H3,(H,13,14). The van der Waals surface area contributed by atoms with Crippen LogP contribution in [0.15, 0.2) is 29.4 Å². The van der Waals surface area contributed by atoms with Crippen LogP contribution in [0.4, 0.5) is 0 Å². The molecule has 4 heteroatoms. The van der Waals surface area contributed by atoms with Crippen molar-refractivity contribution in [1.29, 1.82) is 0 Å². The van der Waals surface area contributed by atoms with Crippen molar-refractivity contribution in [3.05, 3.63) is 24.5 Å².